The molecule has 0 saturated carbocycles. The lowest BCUT2D eigenvalue weighted by molar-refractivity contribution is 0.593. The van der Waals surface area contributed by atoms with Crippen molar-refractivity contribution < 1.29 is 0 Å². The van der Waals surface area contributed by atoms with E-state index in [0.29, 0.717) is 0 Å². The van der Waals surface area contributed by atoms with Gasteiger partial charge >= 0.3 is 0 Å². The minimum atomic E-state index is -0.298. The average Bonchev–Trinajstić information content (AvgIpc) is 2.69. The Kier molecular flexibility index (Phi) is 3.54. The standard InChI is InChI=1S/C11H14BrN5/c1-3-17-11(8(12)6-15-17)10(13)9-4-5-14-7(2)16-9/h4-6,10H,3,13H2,1-2H3. The average molecular weight is 296 g/mol. The van der Waals surface area contributed by atoms with Crippen molar-refractivity contribution in [2.75, 3.05) is 0 Å². The first-order valence-electron chi connectivity index (χ1n) is 5.39. The fourth-order valence-electron chi connectivity index (χ4n) is 1.72. The molecule has 5 nitrogen and oxygen atoms in total. The topological polar surface area (TPSA) is 69.6 Å². The highest BCUT2D eigenvalue weighted by atomic mass is 79.9. The molecule has 2 heterocycles. The summed E-state index contributed by atoms with van der Waals surface area (Å²) < 4.78 is 2.77. The van der Waals surface area contributed by atoms with E-state index in [1.54, 1.807) is 12.4 Å². The Morgan fingerprint density at radius 3 is 2.94 bits per heavy atom. The highest BCUT2D eigenvalue weighted by molar-refractivity contribution is 9.10. The summed E-state index contributed by atoms with van der Waals surface area (Å²) in [4.78, 5) is 8.42. The van der Waals surface area contributed by atoms with Crippen LogP contribution in [0.3, 0.4) is 0 Å². The van der Waals surface area contributed by atoms with Gasteiger partial charge in [0.25, 0.3) is 0 Å². The van der Waals surface area contributed by atoms with Crippen molar-refractivity contribution in [3.05, 3.63) is 40.1 Å². The summed E-state index contributed by atoms with van der Waals surface area (Å²) in [7, 11) is 0. The molecule has 0 aliphatic heterocycles. The first-order chi connectivity index (χ1) is 8.13. The number of nitrogens with two attached hydrogens (primary N) is 1. The van der Waals surface area contributed by atoms with Crippen molar-refractivity contribution in [1.29, 1.82) is 0 Å². The molecule has 2 rings (SSSR count). The van der Waals surface area contributed by atoms with Gasteiger partial charge in [-0.2, -0.15) is 5.10 Å². The Hall–Kier alpha value is -1.27. The van der Waals surface area contributed by atoms with E-state index in [2.05, 4.69) is 31.0 Å². The van der Waals surface area contributed by atoms with Crippen LogP contribution in [0.25, 0.3) is 0 Å². The van der Waals surface area contributed by atoms with Gasteiger partial charge in [-0.3, -0.25) is 4.68 Å². The zero-order valence-electron chi connectivity index (χ0n) is 9.76. The van der Waals surface area contributed by atoms with Crippen molar-refractivity contribution in [1.82, 2.24) is 19.7 Å². The Bertz CT molecular complexity index is 522. The maximum atomic E-state index is 6.23. The molecule has 1 unspecified atom stereocenters. The van der Waals surface area contributed by atoms with E-state index in [1.807, 2.05) is 24.6 Å². The monoisotopic (exact) mass is 295 g/mol. The number of rotatable bonds is 3. The molecule has 0 radical (unpaired) electrons. The van der Waals surface area contributed by atoms with Gasteiger partial charge < -0.3 is 5.73 Å². The van der Waals surface area contributed by atoms with Gasteiger partial charge in [-0.15, -0.1) is 0 Å². The van der Waals surface area contributed by atoms with Crippen LogP contribution in [-0.4, -0.2) is 19.7 Å². The fraction of sp³-hybridized carbons (Fsp3) is 0.364. The molecule has 2 aromatic rings. The minimum absolute atomic E-state index is 0.298. The molecule has 0 saturated heterocycles. The molecule has 0 amide bonds. The molecule has 0 aliphatic carbocycles. The summed E-state index contributed by atoms with van der Waals surface area (Å²) in [6.45, 7) is 4.65. The van der Waals surface area contributed by atoms with Crippen LogP contribution in [0.4, 0.5) is 0 Å². The van der Waals surface area contributed by atoms with Gasteiger partial charge in [0.15, 0.2) is 0 Å². The van der Waals surface area contributed by atoms with E-state index in [0.717, 1.165) is 28.2 Å². The zero-order chi connectivity index (χ0) is 12.4. The second-order valence-electron chi connectivity index (χ2n) is 3.70. The van der Waals surface area contributed by atoms with Crippen LogP contribution in [0, 0.1) is 6.92 Å². The lowest BCUT2D eigenvalue weighted by Gasteiger charge is -2.13. The van der Waals surface area contributed by atoms with Crippen LogP contribution in [0.15, 0.2) is 22.9 Å². The van der Waals surface area contributed by atoms with Gasteiger partial charge in [0, 0.05) is 12.7 Å². The van der Waals surface area contributed by atoms with Crippen molar-refractivity contribution in [3.8, 4) is 0 Å². The van der Waals surface area contributed by atoms with E-state index in [1.165, 1.54) is 0 Å². The SMILES string of the molecule is CCn1ncc(Br)c1C(N)c1ccnc(C)n1. The lowest BCUT2D eigenvalue weighted by Crippen LogP contribution is -2.19. The fourth-order valence-corrected chi connectivity index (χ4v) is 2.26. The summed E-state index contributed by atoms with van der Waals surface area (Å²) in [5, 5.41) is 4.25. The first-order valence-corrected chi connectivity index (χ1v) is 6.19. The highest BCUT2D eigenvalue weighted by Crippen LogP contribution is 2.25. The molecule has 2 aromatic heterocycles. The molecule has 17 heavy (non-hydrogen) atoms. The summed E-state index contributed by atoms with van der Waals surface area (Å²) in [6.07, 6.45) is 3.48. The van der Waals surface area contributed by atoms with Crippen LogP contribution < -0.4 is 5.73 Å². The third-order valence-electron chi connectivity index (χ3n) is 2.54. The largest absolute Gasteiger partial charge is 0.318 e. The Labute approximate surface area is 108 Å². The number of hydrogen-bond donors (Lipinski definition) is 1. The minimum Gasteiger partial charge on any atom is -0.318 e. The Morgan fingerprint density at radius 2 is 2.29 bits per heavy atom. The number of nitrogens with zero attached hydrogens (tertiary/aromatic N) is 4. The maximum absolute atomic E-state index is 6.23. The second kappa shape index (κ2) is 4.93. The van der Waals surface area contributed by atoms with Gasteiger partial charge in [0.2, 0.25) is 0 Å². The van der Waals surface area contributed by atoms with Gasteiger partial charge in [0.05, 0.1) is 28.1 Å². The summed E-state index contributed by atoms with van der Waals surface area (Å²) in [5.41, 5.74) is 7.96. The normalized spacial score (nSPS) is 12.7. The Balaban J connectivity index is 2.43. The molecule has 0 aromatic carbocycles. The summed E-state index contributed by atoms with van der Waals surface area (Å²) in [6, 6.07) is 1.53. The van der Waals surface area contributed by atoms with Crippen molar-refractivity contribution in [2.24, 2.45) is 5.73 Å². The molecule has 0 fully saturated rings. The van der Waals surface area contributed by atoms with Crippen molar-refractivity contribution in [3.63, 3.8) is 0 Å². The lowest BCUT2D eigenvalue weighted by atomic mass is 10.1. The molecular weight excluding hydrogens is 282 g/mol. The number of aromatic nitrogens is 4. The maximum Gasteiger partial charge on any atom is 0.125 e. The van der Waals surface area contributed by atoms with E-state index in [9.17, 15) is 0 Å². The first kappa shape index (κ1) is 12.2. The third-order valence-corrected chi connectivity index (χ3v) is 3.15. The number of hydrogen-bond acceptors (Lipinski definition) is 4. The smallest absolute Gasteiger partial charge is 0.125 e. The van der Waals surface area contributed by atoms with Crippen LogP contribution in [-0.2, 0) is 6.54 Å². The quantitative estimate of drug-likeness (QED) is 0.938. The van der Waals surface area contributed by atoms with E-state index in [4.69, 9.17) is 5.73 Å². The molecule has 2 N–H and O–H groups in total. The zero-order valence-corrected chi connectivity index (χ0v) is 11.3. The molecule has 6 heteroatoms. The van der Waals surface area contributed by atoms with Crippen LogP contribution in [0.2, 0.25) is 0 Å². The van der Waals surface area contributed by atoms with Gasteiger partial charge in [-0.25, -0.2) is 9.97 Å². The van der Waals surface area contributed by atoms with Crippen molar-refractivity contribution in [2.45, 2.75) is 26.4 Å². The molecule has 90 valence electrons. The number of halogens is 1. The molecule has 1 atom stereocenters. The van der Waals surface area contributed by atoms with Gasteiger partial charge in [-0.1, -0.05) is 0 Å². The number of aryl methyl sites for hydroxylation is 2. The summed E-state index contributed by atoms with van der Waals surface area (Å²) >= 11 is 3.47. The molecule has 0 spiro atoms. The van der Waals surface area contributed by atoms with Gasteiger partial charge in [-0.05, 0) is 35.8 Å². The van der Waals surface area contributed by atoms with Crippen LogP contribution in [0.5, 0.6) is 0 Å². The predicted molar refractivity (Wildman–Crippen MR) is 68.4 cm³/mol. The van der Waals surface area contributed by atoms with Crippen LogP contribution in [0.1, 0.15) is 30.2 Å². The predicted octanol–water partition coefficient (Wildman–Crippen LogP) is 1.81. The van der Waals surface area contributed by atoms with Gasteiger partial charge in [0.1, 0.15) is 5.82 Å². The Morgan fingerprint density at radius 1 is 1.53 bits per heavy atom. The second-order valence-corrected chi connectivity index (χ2v) is 4.55. The van der Waals surface area contributed by atoms with Crippen molar-refractivity contribution >= 4 is 15.9 Å². The highest BCUT2D eigenvalue weighted by Gasteiger charge is 2.18. The molecule has 0 aliphatic rings. The van der Waals surface area contributed by atoms with E-state index in [-0.39, 0.29) is 6.04 Å². The van der Waals surface area contributed by atoms with Crippen LogP contribution >= 0.6 is 15.9 Å². The third kappa shape index (κ3) is 2.37. The molecule has 0 bridgehead atoms. The van der Waals surface area contributed by atoms with E-state index >= 15 is 0 Å². The summed E-state index contributed by atoms with van der Waals surface area (Å²) in [5.74, 6) is 0.719. The molecular formula is C11H14BrN5. The van der Waals surface area contributed by atoms with E-state index < -0.39 is 0 Å².